The average molecular weight is 847 g/mol. The van der Waals surface area contributed by atoms with Crippen molar-refractivity contribution in [3.05, 3.63) is 115 Å². The van der Waals surface area contributed by atoms with E-state index < -0.39 is 0 Å². The summed E-state index contributed by atoms with van der Waals surface area (Å²) in [5.41, 5.74) is 11.8. The zero-order chi connectivity index (χ0) is 38.7. The number of benzene rings is 4. The minimum absolute atomic E-state index is 0.328. The Bertz CT molecular complexity index is 1680. The molecule has 300 valence electrons. The fourth-order valence-corrected chi connectivity index (χ4v) is 8.30. The topological polar surface area (TPSA) is 73.8 Å². The first-order valence-electron chi connectivity index (χ1n) is 19.2. The molecule has 0 spiro atoms. The number of rotatable bonds is 4. The highest BCUT2D eigenvalue weighted by molar-refractivity contribution is 6.17. The summed E-state index contributed by atoms with van der Waals surface area (Å²) in [5.74, 6) is 4.43. The highest BCUT2D eigenvalue weighted by Gasteiger charge is 2.25. The molecule has 12 heteroatoms. The molecule has 2 aliphatic heterocycles. The summed E-state index contributed by atoms with van der Waals surface area (Å²) in [6.45, 7) is 4.83. The third kappa shape index (κ3) is 10.4. The summed E-state index contributed by atoms with van der Waals surface area (Å²) in [4.78, 5) is 0. The number of halogens is 4. The molecule has 3 aliphatic rings. The van der Waals surface area contributed by atoms with E-state index in [1.165, 1.54) is 0 Å². The Morgan fingerprint density at radius 2 is 0.464 bits per heavy atom. The summed E-state index contributed by atoms with van der Waals surface area (Å²) < 4.78 is 50.5. The molecule has 0 saturated carbocycles. The van der Waals surface area contributed by atoms with Crippen LogP contribution in [0, 0.1) is 0 Å². The first-order chi connectivity index (χ1) is 27.6. The van der Waals surface area contributed by atoms with Crippen molar-refractivity contribution in [2.24, 2.45) is 0 Å². The van der Waals surface area contributed by atoms with E-state index in [2.05, 4.69) is 48.5 Å². The predicted octanol–water partition coefficient (Wildman–Crippen LogP) is 8.93. The van der Waals surface area contributed by atoms with Crippen molar-refractivity contribution in [3.63, 3.8) is 0 Å². The van der Waals surface area contributed by atoms with Crippen LogP contribution >= 0.6 is 46.4 Å². The summed E-state index contributed by atoms with van der Waals surface area (Å²) in [6, 6.07) is 17.1. The monoisotopic (exact) mass is 844 g/mol. The SMILES string of the molecule is ClCc1cc2c3c(c1)Cc1cc(CCl)cc4c1OCCOCCOCCOc1c(cc(CCl)cc1Cc1cc(CCl)cc(c1OCCOCCOCCO3)C2)C4. The minimum atomic E-state index is 0.328. The second-order valence-electron chi connectivity index (χ2n) is 14.1. The first kappa shape index (κ1) is 41.2. The largest absolute Gasteiger partial charge is 0.491 e. The van der Waals surface area contributed by atoms with Gasteiger partial charge in [0.2, 0.25) is 0 Å². The number of alkyl halides is 4. The van der Waals surface area contributed by atoms with Crippen LogP contribution in [-0.2, 0) is 68.2 Å². The molecule has 0 N–H and O–H groups in total. The van der Waals surface area contributed by atoms with E-state index in [4.69, 9.17) is 84.3 Å². The van der Waals surface area contributed by atoms with Gasteiger partial charge in [0.25, 0.3) is 0 Å². The molecule has 0 saturated heterocycles. The van der Waals surface area contributed by atoms with Gasteiger partial charge in [-0.15, -0.1) is 46.4 Å². The van der Waals surface area contributed by atoms with Crippen LogP contribution in [0.15, 0.2) is 48.5 Å². The molecular formula is C44H48Cl4O8. The maximum Gasteiger partial charge on any atom is 0.126 e. The Morgan fingerprint density at radius 1 is 0.286 bits per heavy atom. The Kier molecular flexibility index (Phi) is 15.2. The zero-order valence-electron chi connectivity index (χ0n) is 31.5. The molecule has 0 atom stereocenters. The van der Waals surface area contributed by atoms with E-state index in [-0.39, 0.29) is 0 Å². The van der Waals surface area contributed by atoms with Crippen LogP contribution in [0.3, 0.4) is 0 Å². The normalized spacial score (nSPS) is 17.1. The fourth-order valence-electron chi connectivity index (χ4n) is 7.68. The van der Waals surface area contributed by atoms with Crippen molar-refractivity contribution < 1.29 is 37.9 Å². The summed E-state index contributed by atoms with van der Waals surface area (Å²) in [5, 5.41) is 0. The van der Waals surface area contributed by atoms with Gasteiger partial charge in [-0.3, -0.25) is 0 Å². The highest BCUT2D eigenvalue weighted by atomic mass is 35.5. The van der Waals surface area contributed by atoms with Gasteiger partial charge in [0.05, 0.1) is 52.9 Å². The maximum absolute atomic E-state index is 6.71. The van der Waals surface area contributed by atoms with E-state index in [1.54, 1.807) is 0 Å². The van der Waals surface area contributed by atoms with Crippen LogP contribution < -0.4 is 18.9 Å². The Balaban J connectivity index is 1.52. The van der Waals surface area contributed by atoms with Crippen LogP contribution in [0.1, 0.15) is 66.8 Å². The maximum atomic E-state index is 6.71. The third-order valence-electron chi connectivity index (χ3n) is 9.99. The summed E-state index contributed by atoms with van der Waals surface area (Å²) in [7, 11) is 0. The van der Waals surface area contributed by atoms with Crippen molar-refractivity contribution in [2.45, 2.75) is 49.2 Å². The van der Waals surface area contributed by atoms with Crippen molar-refractivity contribution in [1.29, 1.82) is 0 Å². The van der Waals surface area contributed by atoms with E-state index in [1.807, 2.05) is 0 Å². The van der Waals surface area contributed by atoms with Crippen molar-refractivity contribution in [3.8, 4) is 23.0 Å². The third-order valence-corrected chi connectivity index (χ3v) is 11.2. The predicted molar refractivity (Wildman–Crippen MR) is 220 cm³/mol. The Morgan fingerprint density at radius 3 is 0.643 bits per heavy atom. The molecule has 7 rings (SSSR count). The van der Waals surface area contributed by atoms with Crippen LogP contribution in [-0.4, -0.2) is 79.3 Å². The molecule has 0 aromatic heterocycles. The molecule has 0 amide bonds. The van der Waals surface area contributed by atoms with E-state index in [9.17, 15) is 0 Å². The fraction of sp³-hybridized carbons (Fsp3) is 0.455. The molecule has 4 aromatic rings. The lowest BCUT2D eigenvalue weighted by Crippen LogP contribution is -2.15. The van der Waals surface area contributed by atoms with Gasteiger partial charge in [-0.1, -0.05) is 48.5 Å². The van der Waals surface area contributed by atoms with Crippen molar-refractivity contribution in [1.82, 2.24) is 0 Å². The van der Waals surface area contributed by atoms with Crippen LogP contribution in [0.2, 0.25) is 0 Å². The number of hydrogen-bond donors (Lipinski definition) is 0. The smallest absolute Gasteiger partial charge is 0.126 e. The summed E-state index contributed by atoms with van der Waals surface area (Å²) >= 11 is 26.6. The lowest BCUT2D eigenvalue weighted by atomic mass is 9.88. The lowest BCUT2D eigenvalue weighted by Gasteiger charge is -2.24. The quantitative estimate of drug-likeness (QED) is 0.166. The van der Waals surface area contributed by atoms with Gasteiger partial charge in [-0.25, -0.2) is 0 Å². The molecule has 0 unspecified atom stereocenters. The standard InChI is InChI=1S/C44H48Cl4O8/c45-25-29-13-33-21-34-14-30(26-46)18-38-24-40-20-32(28-48)16-36-22-35-15-31(27-47)19-39(43(35)55-11-7-51-3-4-52-8-12-56-44(36)40)23-37(17-29)41(33)53-9-5-49-1-2-50-6-10-54-42(34)38/h13-20H,1-12,21-28H2. The number of ether oxygens (including phenoxy) is 8. The zero-order valence-corrected chi connectivity index (χ0v) is 34.6. The van der Waals surface area contributed by atoms with Crippen LogP contribution in [0.25, 0.3) is 0 Å². The second kappa shape index (κ2) is 20.7. The van der Waals surface area contributed by atoms with Gasteiger partial charge in [0.1, 0.15) is 49.4 Å². The number of hydrogen-bond acceptors (Lipinski definition) is 8. The molecule has 1 aliphatic carbocycles. The van der Waals surface area contributed by atoms with Crippen LogP contribution in [0.4, 0.5) is 0 Å². The van der Waals surface area contributed by atoms with Gasteiger partial charge in [-0.05, 0) is 66.8 Å². The summed E-state index contributed by atoms with van der Waals surface area (Å²) in [6.07, 6.45) is 2.00. The van der Waals surface area contributed by atoms with Gasteiger partial charge in [0, 0.05) is 49.2 Å². The minimum Gasteiger partial charge on any atom is -0.491 e. The van der Waals surface area contributed by atoms with E-state index in [0.717, 1.165) is 89.8 Å². The average Bonchev–Trinajstić information content (AvgIpc) is 3.22. The van der Waals surface area contributed by atoms with Crippen LogP contribution in [0.5, 0.6) is 23.0 Å². The second-order valence-corrected chi connectivity index (χ2v) is 15.1. The van der Waals surface area contributed by atoms with Gasteiger partial charge >= 0.3 is 0 Å². The van der Waals surface area contributed by atoms with Gasteiger partial charge < -0.3 is 37.9 Å². The Labute approximate surface area is 349 Å². The molecule has 0 fully saturated rings. The lowest BCUT2D eigenvalue weighted by molar-refractivity contribution is 0.0270. The highest BCUT2D eigenvalue weighted by Crippen LogP contribution is 2.41. The van der Waals surface area contributed by atoms with E-state index >= 15 is 0 Å². The molecule has 12 bridgehead atoms. The van der Waals surface area contributed by atoms with Gasteiger partial charge in [0.15, 0.2) is 0 Å². The molecule has 4 aromatic carbocycles. The van der Waals surface area contributed by atoms with Gasteiger partial charge in [-0.2, -0.15) is 0 Å². The molecular weight excluding hydrogens is 798 g/mol. The molecule has 56 heavy (non-hydrogen) atoms. The first-order valence-corrected chi connectivity index (χ1v) is 21.3. The van der Waals surface area contributed by atoms with Crippen molar-refractivity contribution >= 4 is 46.4 Å². The Hall–Kier alpha value is -2.92. The molecule has 2 heterocycles. The molecule has 0 radical (unpaired) electrons. The molecule has 8 nitrogen and oxygen atoms in total. The van der Waals surface area contributed by atoms with E-state index in [0.29, 0.717) is 128 Å². The van der Waals surface area contributed by atoms with Crippen molar-refractivity contribution in [2.75, 3.05) is 79.3 Å².